The Morgan fingerprint density at radius 1 is 1.60 bits per heavy atom. The van der Waals surface area contributed by atoms with E-state index in [1.54, 1.807) is 0 Å². The van der Waals surface area contributed by atoms with E-state index in [-0.39, 0.29) is 24.6 Å². The molecular weight excluding hydrogens is 218 g/mol. The highest BCUT2D eigenvalue weighted by molar-refractivity contribution is 7.46. The maximum absolute atomic E-state index is 10.5. The van der Waals surface area contributed by atoms with Crippen molar-refractivity contribution in [3.8, 4) is 0 Å². The van der Waals surface area contributed by atoms with Crippen molar-refractivity contribution in [2.45, 2.75) is 32.4 Å². The van der Waals surface area contributed by atoms with Crippen molar-refractivity contribution in [1.82, 2.24) is 0 Å². The fourth-order valence-electron chi connectivity index (χ4n) is 1.84. The summed E-state index contributed by atoms with van der Waals surface area (Å²) in [4.78, 5) is 17.1. The smallest absolute Gasteiger partial charge is 0.382 e. The van der Waals surface area contributed by atoms with Gasteiger partial charge in [-0.25, -0.2) is 4.57 Å². The molecule has 0 bridgehead atoms. The molecule has 1 fully saturated rings. The van der Waals surface area contributed by atoms with Crippen molar-refractivity contribution in [1.29, 1.82) is 0 Å². The van der Waals surface area contributed by atoms with Crippen molar-refractivity contribution in [3.63, 3.8) is 0 Å². The molecule has 3 atom stereocenters. The van der Waals surface area contributed by atoms with E-state index in [2.05, 4.69) is 4.52 Å². The molecule has 0 aromatic heterocycles. The Bertz CT molecular complexity index is 253. The Labute approximate surface area is 90.8 Å². The second-order valence-electron chi connectivity index (χ2n) is 4.14. The van der Waals surface area contributed by atoms with Crippen LogP contribution in [0.2, 0.25) is 0 Å². The average molecular weight is 234 g/mol. The number of phosphoric acid groups is 1. The molecule has 0 amide bonds. The molecule has 2 N–H and O–H groups in total. The number of hydrogen-bond donors (Lipinski definition) is 2. The quantitative estimate of drug-likeness (QED) is 0.551. The minimum atomic E-state index is -4.42. The van der Waals surface area contributed by atoms with E-state index in [0.29, 0.717) is 12.3 Å². The van der Waals surface area contributed by atoms with Crippen molar-refractivity contribution in [2.75, 3.05) is 6.61 Å². The number of rotatable bonds is 4. The summed E-state index contributed by atoms with van der Waals surface area (Å²) in [5.41, 5.74) is 0. The van der Waals surface area contributed by atoms with Crippen molar-refractivity contribution >= 4 is 15.7 Å². The van der Waals surface area contributed by atoms with Crippen LogP contribution >= 0.6 is 7.82 Å². The molecule has 1 aliphatic rings. The molecule has 2 radical (unpaired) electrons. The van der Waals surface area contributed by atoms with E-state index in [4.69, 9.17) is 22.4 Å². The van der Waals surface area contributed by atoms with Crippen LogP contribution in [0.4, 0.5) is 0 Å². The highest BCUT2D eigenvalue weighted by Gasteiger charge is 2.35. The lowest BCUT2D eigenvalue weighted by Gasteiger charge is -2.21. The maximum atomic E-state index is 10.5. The Morgan fingerprint density at radius 3 is 2.67 bits per heavy atom. The Morgan fingerprint density at radius 2 is 2.20 bits per heavy atom. The Balaban J connectivity index is 2.49. The summed E-state index contributed by atoms with van der Waals surface area (Å²) in [5, 5.41) is 0. The fourth-order valence-corrected chi connectivity index (χ4v) is 2.18. The lowest BCUT2D eigenvalue weighted by molar-refractivity contribution is 0.0174. The molecule has 0 spiro atoms. The second-order valence-corrected chi connectivity index (χ2v) is 5.38. The van der Waals surface area contributed by atoms with E-state index in [9.17, 15) is 4.57 Å². The van der Waals surface area contributed by atoms with Gasteiger partial charge >= 0.3 is 7.82 Å². The van der Waals surface area contributed by atoms with Crippen molar-refractivity contribution in [3.05, 3.63) is 0 Å². The van der Waals surface area contributed by atoms with Gasteiger partial charge in [-0.15, -0.1) is 0 Å². The first-order chi connectivity index (χ1) is 6.79. The van der Waals surface area contributed by atoms with Gasteiger partial charge in [0.2, 0.25) is 0 Å². The fraction of sp³-hybridized carbons (Fsp3) is 1.00. The SMILES string of the molecule is [B]C1CC(C(C)C)C(COP(=O)(O)O)O1. The molecule has 3 unspecified atom stereocenters. The molecule has 0 saturated carbocycles. The molecule has 0 aromatic carbocycles. The van der Waals surface area contributed by atoms with Crippen molar-refractivity contribution in [2.24, 2.45) is 11.8 Å². The van der Waals surface area contributed by atoms with Crippen LogP contribution in [0.15, 0.2) is 0 Å². The summed E-state index contributed by atoms with van der Waals surface area (Å²) < 4.78 is 20.3. The molecule has 0 aromatic rings. The van der Waals surface area contributed by atoms with E-state index < -0.39 is 7.82 Å². The predicted molar refractivity (Wildman–Crippen MR) is 55.4 cm³/mol. The van der Waals surface area contributed by atoms with Crippen LogP contribution in [0.3, 0.4) is 0 Å². The van der Waals surface area contributed by atoms with E-state index in [0.717, 1.165) is 0 Å². The number of phosphoric ester groups is 1. The van der Waals surface area contributed by atoms with Gasteiger partial charge in [-0.05, 0) is 18.3 Å². The van der Waals surface area contributed by atoms with E-state index >= 15 is 0 Å². The van der Waals surface area contributed by atoms with Gasteiger partial charge in [-0.3, -0.25) is 4.52 Å². The van der Waals surface area contributed by atoms with Crippen LogP contribution in [0.25, 0.3) is 0 Å². The standard InChI is InChI=1S/C8H16BO5P/c1-5(2)6-3-8(9)14-7(6)4-13-15(10,11)12/h5-8H,3-4H2,1-2H3,(H2,10,11,12). The van der Waals surface area contributed by atoms with Gasteiger partial charge in [0.05, 0.1) is 12.7 Å². The van der Waals surface area contributed by atoms with Gasteiger partial charge in [0.15, 0.2) is 0 Å². The molecule has 1 heterocycles. The van der Waals surface area contributed by atoms with Crippen LogP contribution in [0, 0.1) is 11.8 Å². The lowest BCUT2D eigenvalue weighted by atomic mass is 9.84. The molecular formula is C8H16BO5P. The van der Waals surface area contributed by atoms with Crippen LogP contribution in [0.5, 0.6) is 0 Å². The summed E-state index contributed by atoms with van der Waals surface area (Å²) in [6, 6.07) is -0.359. The molecule has 1 saturated heterocycles. The molecule has 0 aliphatic carbocycles. The Kier molecular flexibility index (Phi) is 4.38. The van der Waals surface area contributed by atoms with Crippen LogP contribution in [-0.2, 0) is 13.8 Å². The third-order valence-corrected chi connectivity index (χ3v) is 3.08. The summed E-state index contributed by atoms with van der Waals surface area (Å²) in [6.07, 6.45) is 0.375. The minimum absolute atomic E-state index is 0.110. The maximum Gasteiger partial charge on any atom is 0.469 e. The predicted octanol–water partition coefficient (Wildman–Crippen LogP) is 0.651. The minimum Gasteiger partial charge on any atom is -0.382 e. The van der Waals surface area contributed by atoms with Crippen LogP contribution in [0.1, 0.15) is 20.3 Å². The van der Waals surface area contributed by atoms with E-state index in [1.165, 1.54) is 0 Å². The molecule has 1 rings (SSSR count). The monoisotopic (exact) mass is 234 g/mol. The van der Waals surface area contributed by atoms with Gasteiger partial charge in [0.1, 0.15) is 7.85 Å². The zero-order valence-corrected chi connectivity index (χ0v) is 9.76. The Hall–Kier alpha value is 0.135. The number of hydrogen-bond acceptors (Lipinski definition) is 3. The van der Waals surface area contributed by atoms with Gasteiger partial charge in [0, 0.05) is 6.00 Å². The van der Waals surface area contributed by atoms with Crippen LogP contribution in [-0.4, -0.2) is 36.3 Å². The highest BCUT2D eigenvalue weighted by atomic mass is 31.2. The van der Waals surface area contributed by atoms with Crippen LogP contribution < -0.4 is 0 Å². The summed E-state index contributed by atoms with van der Waals surface area (Å²) in [6.45, 7) is 3.94. The lowest BCUT2D eigenvalue weighted by Crippen LogP contribution is -2.25. The third-order valence-electron chi connectivity index (χ3n) is 2.59. The topological polar surface area (TPSA) is 76.0 Å². The number of ether oxygens (including phenoxy) is 1. The molecule has 86 valence electrons. The normalized spacial score (nSPS) is 32.5. The van der Waals surface area contributed by atoms with Gasteiger partial charge in [0.25, 0.3) is 0 Å². The molecule has 1 aliphatic heterocycles. The first-order valence-electron chi connectivity index (χ1n) is 4.90. The first kappa shape index (κ1) is 13.2. The summed E-state index contributed by atoms with van der Waals surface area (Å²) in [7, 11) is 1.21. The zero-order valence-electron chi connectivity index (χ0n) is 8.87. The molecule has 5 nitrogen and oxygen atoms in total. The molecule has 7 heteroatoms. The average Bonchev–Trinajstić information content (AvgIpc) is 2.42. The van der Waals surface area contributed by atoms with Crippen molar-refractivity contribution < 1.29 is 23.6 Å². The summed E-state index contributed by atoms with van der Waals surface area (Å²) in [5.74, 6) is 0.537. The zero-order chi connectivity index (χ0) is 11.6. The molecule has 15 heavy (non-hydrogen) atoms. The van der Waals surface area contributed by atoms with E-state index in [1.807, 2.05) is 13.8 Å². The highest BCUT2D eigenvalue weighted by Crippen LogP contribution is 2.39. The van der Waals surface area contributed by atoms with Gasteiger partial charge < -0.3 is 14.5 Å². The first-order valence-corrected chi connectivity index (χ1v) is 6.43. The van der Waals surface area contributed by atoms with Gasteiger partial charge in [-0.2, -0.15) is 0 Å². The van der Waals surface area contributed by atoms with Gasteiger partial charge in [-0.1, -0.05) is 13.8 Å². The second kappa shape index (κ2) is 4.98. The summed E-state index contributed by atoms with van der Waals surface area (Å²) >= 11 is 0. The third kappa shape index (κ3) is 4.25. The largest absolute Gasteiger partial charge is 0.469 e.